The molecule has 2 atom stereocenters. The van der Waals surface area contributed by atoms with Crippen LogP contribution >= 0.6 is 0 Å². The maximum atomic E-state index is 14.1. The molecule has 28 heavy (non-hydrogen) atoms. The van der Waals surface area contributed by atoms with Gasteiger partial charge in [-0.1, -0.05) is 11.6 Å². The molecule has 0 saturated carbocycles. The fourth-order valence-corrected chi connectivity index (χ4v) is 3.69. The number of benzene rings is 2. The molecule has 2 aliphatic rings. The van der Waals surface area contributed by atoms with Crippen molar-refractivity contribution in [3.05, 3.63) is 65.0 Å². The summed E-state index contributed by atoms with van der Waals surface area (Å²) in [5.74, 6) is -1.95. The number of halogens is 3. The normalized spacial score (nSPS) is 21.2. The lowest BCUT2D eigenvalue weighted by molar-refractivity contribution is 0.171. The van der Waals surface area contributed by atoms with Gasteiger partial charge in [-0.15, -0.1) is 0 Å². The quantitative estimate of drug-likeness (QED) is 0.609. The van der Waals surface area contributed by atoms with Crippen LogP contribution in [0.1, 0.15) is 24.3 Å². The molecule has 0 fully saturated rings. The molecule has 0 bridgehead atoms. The molecule has 0 spiro atoms. The Balaban J connectivity index is 1.42. The third kappa shape index (κ3) is 3.80. The molecule has 0 unspecified atom stereocenters. The van der Waals surface area contributed by atoms with E-state index >= 15 is 0 Å². The molecule has 4 rings (SSSR count). The summed E-state index contributed by atoms with van der Waals surface area (Å²) in [6, 6.07) is 6.79. The minimum absolute atomic E-state index is 0.126. The lowest BCUT2D eigenvalue weighted by Gasteiger charge is -2.29. The number of anilines is 1. The molecule has 1 aliphatic heterocycles. The molecular formula is C21H21F3N2O2. The van der Waals surface area contributed by atoms with Crippen LogP contribution < -0.4 is 20.5 Å². The molecule has 0 aromatic heterocycles. The van der Waals surface area contributed by atoms with Gasteiger partial charge in [-0.25, -0.2) is 13.2 Å². The molecule has 2 aromatic carbocycles. The maximum Gasteiger partial charge on any atom is 0.163 e. The standard InChI is InChI=1S/C21H21F3N2O2/c22-16-10-18(24)17(23)9-15(16)14-3-1-12(7-19(14)25)11-26-13-2-4-20-21(8-13)28-6-5-27-20/h1-2,4,8-10,14,19,26H,3,5-7,11,25H2/t14-,19+/m0/s1. The van der Waals surface area contributed by atoms with Crippen molar-refractivity contribution in [3.8, 4) is 11.5 Å². The summed E-state index contributed by atoms with van der Waals surface area (Å²) in [7, 11) is 0. The molecule has 0 saturated heterocycles. The first-order valence-corrected chi connectivity index (χ1v) is 9.22. The lowest BCUT2D eigenvalue weighted by atomic mass is 9.80. The lowest BCUT2D eigenvalue weighted by Crippen LogP contribution is -2.33. The number of ether oxygens (including phenoxy) is 2. The third-order valence-corrected chi connectivity index (χ3v) is 5.18. The highest BCUT2D eigenvalue weighted by molar-refractivity contribution is 5.55. The van der Waals surface area contributed by atoms with Gasteiger partial charge in [0.05, 0.1) is 0 Å². The van der Waals surface area contributed by atoms with Crippen LogP contribution in [0, 0.1) is 17.5 Å². The molecule has 4 nitrogen and oxygen atoms in total. The van der Waals surface area contributed by atoms with Crippen LogP contribution in [-0.4, -0.2) is 25.8 Å². The minimum Gasteiger partial charge on any atom is -0.486 e. The van der Waals surface area contributed by atoms with Gasteiger partial charge in [0.15, 0.2) is 23.1 Å². The Bertz CT molecular complexity index is 917. The summed E-state index contributed by atoms with van der Waals surface area (Å²) in [6.45, 7) is 1.66. The predicted octanol–water partition coefficient (Wildman–Crippen LogP) is 4.12. The van der Waals surface area contributed by atoms with E-state index in [1.54, 1.807) is 0 Å². The van der Waals surface area contributed by atoms with E-state index in [4.69, 9.17) is 15.2 Å². The first-order chi connectivity index (χ1) is 13.5. The van der Waals surface area contributed by atoms with Crippen LogP contribution in [0.15, 0.2) is 42.0 Å². The number of nitrogens with one attached hydrogen (secondary N) is 1. The number of hydrogen-bond donors (Lipinski definition) is 2. The number of nitrogens with two attached hydrogens (primary N) is 1. The van der Waals surface area contributed by atoms with Crippen molar-refractivity contribution in [2.75, 3.05) is 25.1 Å². The molecule has 148 valence electrons. The Morgan fingerprint density at radius 1 is 0.964 bits per heavy atom. The van der Waals surface area contributed by atoms with Gasteiger partial charge in [0.25, 0.3) is 0 Å². The maximum absolute atomic E-state index is 14.1. The first-order valence-electron chi connectivity index (χ1n) is 9.22. The van der Waals surface area contributed by atoms with Crippen LogP contribution in [0.2, 0.25) is 0 Å². The highest BCUT2D eigenvalue weighted by Crippen LogP contribution is 2.35. The second-order valence-corrected chi connectivity index (χ2v) is 7.07. The molecule has 3 N–H and O–H groups in total. The van der Waals surface area contributed by atoms with Crippen molar-refractivity contribution in [2.45, 2.75) is 24.8 Å². The van der Waals surface area contributed by atoms with Gasteiger partial charge >= 0.3 is 0 Å². The van der Waals surface area contributed by atoms with E-state index in [9.17, 15) is 13.2 Å². The van der Waals surface area contributed by atoms with Gasteiger partial charge in [-0.05, 0) is 36.6 Å². The Hall–Kier alpha value is -2.67. The van der Waals surface area contributed by atoms with Crippen molar-refractivity contribution >= 4 is 5.69 Å². The molecule has 7 heteroatoms. The SMILES string of the molecule is N[C@@H]1CC(CNc2ccc3c(c2)OCCO3)=CC[C@H]1c1cc(F)c(F)cc1F. The summed E-state index contributed by atoms with van der Waals surface area (Å²) in [6.07, 6.45) is 3.00. The molecule has 1 heterocycles. The van der Waals surface area contributed by atoms with E-state index in [2.05, 4.69) is 5.32 Å². The van der Waals surface area contributed by atoms with Crippen LogP contribution in [0.25, 0.3) is 0 Å². The Morgan fingerprint density at radius 2 is 1.71 bits per heavy atom. The van der Waals surface area contributed by atoms with Gasteiger partial charge in [0.1, 0.15) is 19.0 Å². The molecular weight excluding hydrogens is 369 g/mol. The number of hydrogen-bond acceptors (Lipinski definition) is 4. The average Bonchev–Trinajstić information content (AvgIpc) is 2.69. The zero-order valence-electron chi connectivity index (χ0n) is 15.2. The Morgan fingerprint density at radius 3 is 2.50 bits per heavy atom. The van der Waals surface area contributed by atoms with Crippen molar-refractivity contribution < 1.29 is 22.6 Å². The highest BCUT2D eigenvalue weighted by atomic mass is 19.2. The van der Waals surface area contributed by atoms with Crippen LogP contribution in [-0.2, 0) is 0 Å². The summed E-state index contributed by atoms with van der Waals surface area (Å²) in [4.78, 5) is 0. The smallest absolute Gasteiger partial charge is 0.163 e. The third-order valence-electron chi connectivity index (χ3n) is 5.18. The van der Waals surface area contributed by atoms with Gasteiger partial charge in [0.2, 0.25) is 0 Å². The fourth-order valence-electron chi connectivity index (χ4n) is 3.69. The van der Waals surface area contributed by atoms with Crippen molar-refractivity contribution in [2.24, 2.45) is 5.73 Å². The van der Waals surface area contributed by atoms with Gasteiger partial charge < -0.3 is 20.5 Å². The van der Waals surface area contributed by atoms with E-state index in [1.807, 2.05) is 24.3 Å². The molecule has 1 aliphatic carbocycles. The second-order valence-electron chi connectivity index (χ2n) is 7.07. The van der Waals surface area contributed by atoms with Gasteiger partial charge in [-0.2, -0.15) is 0 Å². The van der Waals surface area contributed by atoms with Crippen molar-refractivity contribution in [1.29, 1.82) is 0 Å². The topological polar surface area (TPSA) is 56.5 Å². The van der Waals surface area contributed by atoms with Crippen molar-refractivity contribution in [3.63, 3.8) is 0 Å². The van der Waals surface area contributed by atoms with Gasteiger partial charge in [-0.3, -0.25) is 0 Å². The summed E-state index contributed by atoms with van der Waals surface area (Å²) < 4.78 is 51.8. The number of rotatable bonds is 4. The zero-order valence-corrected chi connectivity index (χ0v) is 15.2. The monoisotopic (exact) mass is 390 g/mol. The fraction of sp³-hybridized carbons (Fsp3) is 0.333. The van der Waals surface area contributed by atoms with Crippen LogP contribution in [0.4, 0.5) is 18.9 Å². The predicted molar refractivity (Wildman–Crippen MR) is 100 cm³/mol. The summed E-state index contributed by atoms with van der Waals surface area (Å²) in [5.41, 5.74) is 8.34. The van der Waals surface area contributed by atoms with E-state index in [-0.39, 0.29) is 17.5 Å². The second kappa shape index (κ2) is 7.75. The Kier molecular flexibility index (Phi) is 5.17. The zero-order chi connectivity index (χ0) is 19.7. The minimum atomic E-state index is -1.19. The van der Waals surface area contributed by atoms with E-state index in [0.29, 0.717) is 44.4 Å². The largest absolute Gasteiger partial charge is 0.486 e. The summed E-state index contributed by atoms with van der Waals surface area (Å²) >= 11 is 0. The summed E-state index contributed by atoms with van der Waals surface area (Å²) in [5, 5.41) is 3.32. The molecule has 2 aromatic rings. The molecule has 0 amide bonds. The van der Waals surface area contributed by atoms with E-state index in [1.165, 1.54) is 0 Å². The van der Waals surface area contributed by atoms with Crippen LogP contribution in [0.3, 0.4) is 0 Å². The van der Waals surface area contributed by atoms with E-state index in [0.717, 1.165) is 23.1 Å². The van der Waals surface area contributed by atoms with Crippen LogP contribution in [0.5, 0.6) is 11.5 Å². The number of allylic oxidation sites excluding steroid dienone is 1. The van der Waals surface area contributed by atoms with Crippen molar-refractivity contribution in [1.82, 2.24) is 0 Å². The number of fused-ring (bicyclic) bond motifs is 1. The van der Waals surface area contributed by atoms with Gasteiger partial charge in [0, 0.05) is 36.3 Å². The highest BCUT2D eigenvalue weighted by Gasteiger charge is 2.27. The first kappa shape index (κ1) is 18.7. The van der Waals surface area contributed by atoms with E-state index < -0.39 is 17.5 Å². The average molecular weight is 390 g/mol. The Labute approximate surface area is 161 Å². The molecule has 0 radical (unpaired) electrons.